The molecule has 0 radical (unpaired) electrons. The molecule has 1 aromatic carbocycles. The molecule has 3 heteroatoms. The van der Waals surface area contributed by atoms with Gasteiger partial charge in [0.15, 0.2) is 0 Å². The van der Waals surface area contributed by atoms with Crippen molar-refractivity contribution in [2.75, 3.05) is 0 Å². The minimum Gasteiger partial charge on any atom is -0.310 e. The highest BCUT2D eigenvalue weighted by Crippen LogP contribution is 2.27. The molecule has 0 saturated carbocycles. The quantitative estimate of drug-likeness (QED) is 0.892. The predicted octanol–water partition coefficient (Wildman–Crippen LogP) is 4.56. The van der Waals surface area contributed by atoms with Crippen LogP contribution in [0.1, 0.15) is 52.3 Å². The second kappa shape index (κ2) is 6.10. The van der Waals surface area contributed by atoms with Gasteiger partial charge in [0.25, 0.3) is 0 Å². The van der Waals surface area contributed by atoms with Crippen molar-refractivity contribution in [3.8, 4) is 0 Å². The summed E-state index contributed by atoms with van der Waals surface area (Å²) >= 11 is 0. The first-order chi connectivity index (χ1) is 9.82. The Morgan fingerprint density at radius 1 is 1.29 bits per heavy atom. The molecule has 1 atom stereocenters. The monoisotopic (exact) mass is 288 g/mol. The minimum atomic E-state index is -0.247. The van der Waals surface area contributed by atoms with Crippen LogP contribution in [-0.2, 0) is 12.0 Å². The summed E-state index contributed by atoms with van der Waals surface area (Å²) in [6, 6.07) is 7.74. The third kappa shape index (κ3) is 3.59. The molecule has 114 valence electrons. The topological polar surface area (TPSA) is 24.9 Å². The zero-order valence-corrected chi connectivity index (χ0v) is 13.6. The zero-order chi connectivity index (χ0) is 15.6. The number of hydrogen-bond donors (Lipinski definition) is 1. The van der Waals surface area contributed by atoms with Crippen molar-refractivity contribution in [3.05, 3.63) is 41.3 Å². The van der Waals surface area contributed by atoms with E-state index >= 15 is 0 Å². The number of fused-ring (bicyclic) bond motifs is 1. The Kier molecular flexibility index (Phi) is 4.62. The van der Waals surface area contributed by atoms with Crippen LogP contribution >= 0.6 is 0 Å². The summed E-state index contributed by atoms with van der Waals surface area (Å²) in [6.07, 6.45) is 1.07. The van der Waals surface area contributed by atoms with Crippen molar-refractivity contribution in [1.29, 1.82) is 0 Å². The summed E-state index contributed by atoms with van der Waals surface area (Å²) in [5, 5.41) is 4.39. The highest BCUT2D eigenvalue weighted by Gasteiger charge is 2.19. The second-order valence-electron chi connectivity index (χ2n) is 6.74. The second-order valence-corrected chi connectivity index (χ2v) is 6.74. The maximum absolute atomic E-state index is 14.1. The number of nitrogens with zero attached hydrogens (tertiary/aromatic N) is 1. The lowest BCUT2D eigenvalue weighted by Gasteiger charge is -2.21. The largest absolute Gasteiger partial charge is 0.310 e. The maximum Gasteiger partial charge on any atom is 0.149 e. The smallest absolute Gasteiger partial charge is 0.149 e. The van der Waals surface area contributed by atoms with E-state index in [-0.39, 0.29) is 11.2 Å². The molecule has 0 aliphatic heterocycles. The van der Waals surface area contributed by atoms with Crippen LogP contribution in [0, 0.1) is 5.82 Å². The van der Waals surface area contributed by atoms with Crippen molar-refractivity contribution >= 4 is 10.9 Å². The van der Waals surface area contributed by atoms with E-state index in [4.69, 9.17) is 0 Å². The van der Waals surface area contributed by atoms with Crippen LogP contribution < -0.4 is 5.32 Å². The van der Waals surface area contributed by atoms with Crippen molar-refractivity contribution in [2.24, 2.45) is 0 Å². The molecule has 2 nitrogen and oxygen atoms in total. The molecule has 1 aromatic heterocycles. The number of pyridine rings is 1. The maximum atomic E-state index is 14.1. The molecule has 0 bridgehead atoms. The SMILES string of the molecule is CCC(C)NCc1cc(C(C)(C)C)nc2c(F)cccc12. The van der Waals surface area contributed by atoms with Gasteiger partial charge in [-0.1, -0.05) is 39.8 Å². The van der Waals surface area contributed by atoms with Gasteiger partial charge in [-0.15, -0.1) is 0 Å². The number of benzene rings is 1. The Morgan fingerprint density at radius 2 is 2.00 bits per heavy atom. The van der Waals surface area contributed by atoms with Gasteiger partial charge in [0.05, 0.1) is 0 Å². The van der Waals surface area contributed by atoms with Gasteiger partial charge in [0.2, 0.25) is 0 Å². The van der Waals surface area contributed by atoms with E-state index in [9.17, 15) is 4.39 Å². The number of halogens is 1. The fraction of sp³-hybridized carbons (Fsp3) is 0.500. The van der Waals surface area contributed by atoms with Crippen molar-refractivity contribution in [1.82, 2.24) is 10.3 Å². The number of rotatable bonds is 4. The molecule has 1 N–H and O–H groups in total. The summed E-state index contributed by atoms with van der Waals surface area (Å²) in [5.41, 5.74) is 2.43. The lowest BCUT2D eigenvalue weighted by Crippen LogP contribution is -2.25. The van der Waals surface area contributed by atoms with E-state index < -0.39 is 0 Å². The average Bonchev–Trinajstić information content (AvgIpc) is 2.43. The van der Waals surface area contributed by atoms with Gasteiger partial charge < -0.3 is 5.32 Å². The van der Waals surface area contributed by atoms with E-state index in [2.05, 4.69) is 51.0 Å². The standard InChI is InChI=1S/C18H25FN2/c1-6-12(2)20-11-13-10-16(18(3,4)5)21-17-14(13)8-7-9-15(17)19/h7-10,12,20H,6,11H2,1-5H3. The zero-order valence-electron chi connectivity index (χ0n) is 13.6. The molecule has 2 rings (SSSR count). The van der Waals surface area contributed by atoms with E-state index in [1.165, 1.54) is 6.07 Å². The molecule has 0 saturated heterocycles. The molecule has 0 aliphatic carbocycles. The number of nitrogens with one attached hydrogen (secondary N) is 1. The van der Waals surface area contributed by atoms with Crippen LogP contribution in [0.25, 0.3) is 10.9 Å². The Morgan fingerprint density at radius 3 is 2.62 bits per heavy atom. The van der Waals surface area contributed by atoms with Gasteiger partial charge in [0, 0.05) is 29.1 Å². The summed E-state index contributed by atoms with van der Waals surface area (Å²) in [6.45, 7) is 11.4. The van der Waals surface area contributed by atoms with Gasteiger partial charge >= 0.3 is 0 Å². The number of aromatic nitrogens is 1. The lowest BCUT2D eigenvalue weighted by atomic mass is 9.89. The van der Waals surface area contributed by atoms with Gasteiger partial charge in [-0.3, -0.25) is 0 Å². The number of para-hydroxylation sites is 1. The summed E-state index contributed by atoms with van der Waals surface area (Å²) in [4.78, 5) is 4.55. The molecular weight excluding hydrogens is 263 g/mol. The van der Waals surface area contributed by atoms with Gasteiger partial charge in [-0.05, 0) is 31.0 Å². The van der Waals surface area contributed by atoms with E-state index in [1.807, 2.05) is 6.07 Å². The Hall–Kier alpha value is -1.48. The van der Waals surface area contributed by atoms with Crippen molar-refractivity contribution in [3.63, 3.8) is 0 Å². The van der Waals surface area contributed by atoms with Gasteiger partial charge in [-0.25, -0.2) is 9.37 Å². The highest BCUT2D eigenvalue weighted by molar-refractivity contribution is 5.83. The Bertz CT molecular complexity index is 629. The fourth-order valence-electron chi connectivity index (χ4n) is 2.24. The molecule has 0 fully saturated rings. The summed E-state index contributed by atoms with van der Waals surface area (Å²) < 4.78 is 14.1. The summed E-state index contributed by atoms with van der Waals surface area (Å²) in [7, 11) is 0. The van der Waals surface area contributed by atoms with Crippen LogP contribution in [0.5, 0.6) is 0 Å². The van der Waals surface area contributed by atoms with Crippen LogP contribution in [0.3, 0.4) is 0 Å². The van der Waals surface area contributed by atoms with Crippen LogP contribution in [0.2, 0.25) is 0 Å². The van der Waals surface area contributed by atoms with Crippen molar-refractivity contribution in [2.45, 2.75) is 59.0 Å². The molecule has 1 unspecified atom stereocenters. The predicted molar refractivity (Wildman–Crippen MR) is 87.0 cm³/mol. The fourth-order valence-corrected chi connectivity index (χ4v) is 2.24. The molecule has 0 spiro atoms. The lowest BCUT2D eigenvalue weighted by molar-refractivity contribution is 0.532. The Balaban J connectivity index is 2.53. The molecule has 2 aromatic rings. The van der Waals surface area contributed by atoms with E-state index in [0.717, 1.165) is 29.6 Å². The summed E-state index contributed by atoms with van der Waals surface area (Å²) in [5.74, 6) is -0.247. The molecule has 0 amide bonds. The molecule has 1 heterocycles. The van der Waals surface area contributed by atoms with Crippen molar-refractivity contribution < 1.29 is 4.39 Å². The first-order valence-electron chi connectivity index (χ1n) is 7.65. The third-order valence-electron chi connectivity index (χ3n) is 3.90. The van der Waals surface area contributed by atoms with E-state index in [0.29, 0.717) is 11.6 Å². The Labute approximate surface area is 126 Å². The third-order valence-corrected chi connectivity index (χ3v) is 3.90. The minimum absolute atomic E-state index is 0.0956. The molecule has 21 heavy (non-hydrogen) atoms. The normalized spacial score (nSPS) is 13.6. The van der Waals surface area contributed by atoms with Crippen LogP contribution in [0.4, 0.5) is 4.39 Å². The molecule has 0 aliphatic rings. The first-order valence-corrected chi connectivity index (χ1v) is 7.65. The van der Waals surface area contributed by atoms with Gasteiger partial charge in [-0.2, -0.15) is 0 Å². The highest BCUT2D eigenvalue weighted by atomic mass is 19.1. The van der Waals surface area contributed by atoms with E-state index in [1.54, 1.807) is 6.07 Å². The first kappa shape index (κ1) is 15.9. The van der Waals surface area contributed by atoms with Crippen LogP contribution in [0.15, 0.2) is 24.3 Å². The van der Waals surface area contributed by atoms with Gasteiger partial charge in [0.1, 0.15) is 11.3 Å². The number of hydrogen-bond acceptors (Lipinski definition) is 2. The van der Waals surface area contributed by atoms with Crippen LogP contribution in [-0.4, -0.2) is 11.0 Å². The average molecular weight is 288 g/mol. The molecular formula is C18H25FN2.